The Balaban J connectivity index is 1.76. The molecule has 0 spiro atoms. The van der Waals surface area contributed by atoms with Gasteiger partial charge in [-0.3, -0.25) is 0 Å². The molecule has 0 unspecified atom stereocenters. The zero-order valence-electron chi connectivity index (χ0n) is 15.6. The summed E-state index contributed by atoms with van der Waals surface area (Å²) in [6.07, 6.45) is -1.51. The lowest BCUT2D eigenvalue weighted by molar-refractivity contribution is -0.150. The van der Waals surface area contributed by atoms with Gasteiger partial charge in [-0.05, 0) is 40.8 Å². The fourth-order valence-corrected chi connectivity index (χ4v) is 3.10. The van der Waals surface area contributed by atoms with E-state index in [-0.39, 0.29) is 17.5 Å². The molecule has 0 aliphatic heterocycles. The SMILES string of the molecule is N#Cc1c(F)cc(C=Cc2ccc(C[C@H](c3ccccc3)C(F)(F)F)cc2)cc1F. The van der Waals surface area contributed by atoms with Crippen LogP contribution in [0, 0.1) is 23.0 Å². The second-order valence-electron chi connectivity index (χ2n) is 6.76. The van der Waals surface area contributed by atoms with Gasteiger partial charge in [0.15, 0.2) is 0 Å². The quantitative estimate of drug-likeness (QED) is 0.330. The second kappa shape index (κ2) is 8.91. The molecular weight excluding hydrogens is 397 g/mol. The number of halogens is 5. The molecule has 3 rings (SSSR count). The largest absolute Gasteiger partial charge is 0.396 e. The molecule has 0 aromatic heterocycles. The van der Waals surface area contributed by atoms with E-state index in [1.54, 1.807) is 48.5 Å². The molecule has 3 aromatic carbocycles. The first-order valence-corrected chi connectivity index (χ1v) is 9.06. The zero-order valence-corrected chi connectivity index (χ0v) is 15.6. The molecule has 30 heavy (non-hydrogen) atoms. The Kier molecular flexibility index (Phi) is 6.31. The highest BCUT2D eigenvalue weighted by atomic mass is 19.4. The topological polar surface area (TPSA) is 23.8 Å². The van der Waals surface area contributed by atoms with E-state index in [0.717, 1.165) is 12.1 Å². The molecule has 0 saturated carbocycles. The first-order valence-electron chi connectivity index (χ1n) is 9.06. The van der Waals surface area contributed by atoms with E-state index in [9.17, 15) is 22.0 Å². The van der Waals surface area contributed by atoms with Gasteiger partial charge in [0.1, 0.15) is 23.3 Å². The van der Waals surface area contributed by atoms with Crippen molar-refractivity contribution in [2.45, 2.75) is 18.5 Å². The van der Waals surface area contributed by atoms with Gasteiger partial charge in [-0.1, -0.05) is 66.7 Å². The van der Waals surface area contributed by atoms with Crippen molar-refractivity contribution in [2.75, 3.05) is 0 Å². The summed E-state index contributed by atoms with van der Waals surface area (Å²) in [4.78, 5) is 0. The van der Waals surface area contributed by atoms with Crippen molar-refractivity contribution in [3.05, 3.63) is 106 Å². The predicted molar refractivity (Wildman–Crippen MR) is 105 cm³/mol. The smallest absolute Gasteiger partial charge is 0.205 e. The number of rotatable bonds is 5. The molecule has 0 aliphatic rings. The third-order valence-corrected chi connectivity index (χ3v) is 4.66. The average Bonchev–Trinajstić information content (AvgIpc) is 2.71. The maximum absolute atomic E-state index is 13.7. The van der Waals surface area contributed by atoms with E-state index < -0.39 is 29.3 Å². The summed E-state index contributed by atoms with van der Waals surface area (Å²) in [6, 6.07) is 17.8. The minimum absolute atomic E-state index is 0.191. The van der Waals surface area contributed by atoms with Gasteiger partial charge in [-0.25, -0.2) is 8.78 Å². The normalized spacial score (nSPS) is 12.7. The average molecular weight is 413 g/mol. The summed E-state index contributed by atoms with van der Waals surface area (Å²) in [7, 11) is 0. The van der Waals surface area contributed by atoms with Crippen LogP contribution in [0.25, 0.3) is 12.2 Å². The summed E-state index contributed by atoms with van der Waals surface area (Å²) < 4.78 is 67.8. The lowest BCUT2D eigenvalue weighted by Gasteiger charge is -2.21. The standard InChI is InChI=1S/C24H16F5N/c25-22-13-18(14-23(26)20(22)15-30)11-8-16-6-9-17(10-7-16)12-21(24(27,28)29)19-4-2-1-3-5-19/h1-11,13-14,21H,12H2/t21-/m1/s1. The molecular formula is C24H16F5N. The molecule has 0 amide bonds. The zero-order chi connectivity index (χ0) is 21.7. The Morgan fingerprint density at radius 2 is 1.40 bits per heavy atom. The van der Waals surface area contributed by atoms with Crippen molar-refractivity contribution in [3.63, 3.8) is 0 Å². The van der Waals surface area contributed by atoms with Gasteiger partial charge < -0.3 is 0 Å². The first kappa shape index (κ1) is 21.3. The van der Waals surface area contributed by atoms with Crippen LogP contribution in [0.1, 0.15) is 33.7 Å². The number of nitrogens with zero attached hydrogens (tertiary/aromatic N) is 1. The molecule has 152 valence electrons. The number of alkyl halides is 3. The second-order valence-corrected chi connectivity index (χ2v) is 6.76. The number of hydrogen-bond donors (Lipinski definition) is 0. The molecule has 1 atom stereocenters. The summed E-state index contributed by atoms with van der Waals surface area (Å²) in [5, 5.41) is 8.69. The molecule has 0 radical (unpaired) electrons. The van der Waals surface area contributed by atoms with Gasteiger partial charge in [0.25, 0.3) is 0 Å². The van der Waals surface area contributed by atoms with Crippen molar-refractivity contribution in [1.82, 2.24) is 0 Å². The van der Waals surface area contributed by atoms with Gasteiger partial charge in [0.2, 0.25) is 0 Å². The molecule has 0 heterocycles. The molecule has 3 aromatic rings. The van der Waals surface area contributed by atoms with Crippen LogP contribution in [0.4, 0.5) is 22.0 Å². The Morgan fingerprint density at radius 3 is 1.93 bits per heavy atom. The van der Waals surface area contributed by atoms with Crippen molar-refractivity contribution < 1.29 is 22.0 Å². The first-order chi connectivity index (χ1) is 14.3. The molecule has 6 heteroatoms. The fourth-order valence-electron chi connectivity index (χ4n) is 3.10. The monoisotopic (exact) mass is 413 g/mol. The lowest BCUT2D eigenvalue weighted by atomic mass is 9.91. The molecule has 0 aliphatic carbocycles. The van der Waals surface area contributed by atoms with Crippen LogP contribution in [0.2, 0.25) is 0 Å². The predicted octanol–water partition coefficient (Wildman–Crippen LogP) is 6.90. The molecule has 1 nitrogen and oxygen atoms in total. The molecule has 0 bridgehead atoms. The Hall–Kier alpha value is -3.46. The van der Waals surface area contributed by atoms with Gasteiger partial charge in [0, 0.05) is 0 Å². The van der Waals surface area contributed by atoms with E-state index in [0.29, 0.717) is 11.1 Å². The van der Waals surface area contributed by atoms with E-state index in [1.807, 2.05) is 0 Å². The lowest BCUT2D eigenvalue weighted by Crippen LogP contribution is -2.22. The van der Waals surface area contributed by atoms with Crippen LogP contribution >= 0.6 is 0 Å². The number of nitriles is 1. The highest BCUT2D eigenvalue weighted by molar-refractivity contribution is 5.70. The van der Waals surface area contributed by atoms with Crippen molar-refractivity contribution in [2.24, 2.45) is 0 Å². The fraction of sp³-hybridized carbons (Fsp3) is 0.125. The van der Waals surface area contributed by atoms with Crippen LogP contribution in [-0.2, 0) is 6.42 Å². The molecule has 0 saturated heterocycles. The van der Waals surface area contributed by atoms with Gasteiger partial charge in [-0.2, -0.15) is 18.4 Å². The van der Waals surface area contributed by atoms with Crippen LogP contribution in [0.3, 0.4) is 0 Å². The summed E-state index contributed by atoms with van der Waals surface area (Å²) in [5.74, 6) is -3.51. The highest BCUT2D eigenvalue weighted by Crippen LogP contribution is 2.37. The summed E-state index contributed by atoms with van der Waals surface area (Å²) in [6.45, 7) is 0. The minimum atomic E-state index is -4.37. The summed E-state index contributed by atoms with van der Waals surface area (Å²) >= 11 is 0. The maximum atomic E-state index is 13.7. The number of benzene rings is 3. The summed E-state index contributed by atoms with van der Waals surface area (Å²) in [5.41, 5.74) is 0.975. The third kappa shape index (κ3) is 5.12. The maximum Gasteiger partial charge on any atom is 0.396 e. The van der Waals surface area contributed by atoms with Crippen molar-refractivity contribution in [1.29, 1.82) is 5.26 Å². The highest BCUT2D eigenvalue weighted by Gasteiger charge is 2.40. The van der Waals surface area contributed by atoms with Crippen molar-refractivity contribution >= 4 is 12.2 Å². The van der Waals surface area contributed by atoms with E-state index in [1.165, 1.54) is 24.3 Å². The minimum Gasteiger partial charge on any atom is -0.205 e. The van der Waals surface area contributed by atoms with Gasteiger partial charge in [0.05, 0.1) is 5.92 Å². The third-order valence-electron chi connectivity index (χ3n) is 4.66. The van der Waals surface area contributed by atoms with Crippen LogP contribution in [0.15, 0.2) is 66.7 Å². The number of hydrogen-bond acceptors (Lipinski definition) is 1. The Labute approximate surface area is 170 Å². The Morgan fingerprint density at radius 1 is 0.833 bits per heavy atom. The van der Waals surface area contributed by atoms with Gasteiger partial charge in [-0.15, -0.1) is 0 Å². The Bertz CT molecular complexity index is 1050. The van der Waals surface area contributed by atoms with Gasteiger partial charge >= 0.3 is 6.18 Å². The van der Waals surface area contributed by atoms with Crippen molar-refractivity contribution in [3.8, 4) is 6.07 Å². The van der Waals surface area contributed by atoms with E-state index in [4.69, 9.17) is 5.26 Å². The molecule has 0 fully saturated rings. The van der Waals surface area contributed by atoms with Crippen LogP contribution in [0.5, 0.6) is 0 Å². The van der Waals surface area contributed by atoms with Crippen LogP contribution in [-0.4, -0.2) is 6.18 Å². The van der Waals surface area contributed by atoms with Crippen LogP contribution < -0.4 is 0 Å². The molecule has 0 N–H and O–H groups in total. The van der Waals surface area contributed by atoms with E-state index in [2.05, 4.69) is 0 Å². The van der Waals surface area contributed by atoms with E-state index >= 15 is 0 Å².